The number of hydrogen-bond acceptors (Lipinski definition) is 3. The Labute approximate surface area is 115 Å². The minimum atomic E-state index is -0.580. The fourth-order valence-corrected chi connectivity index (χ4v) is 2.69. The zero-order valence-electron chi connectivity index (χ0n) is 10.9. The monoisotopic (exact) mass is 275 g/mol. The third-order valence-electron chi connectivity index (χ3n) is 3.62. The molecule has 0 bridgehead atoms. The highest BCUT2D eigenvalue weighted by Gasteiger charge is 2.16. The number of nitro groups is 1. The summed E-state index contributed by atoms with van der Waals surface area (Å²) in [5.41, 5.74) is 2.64. The molecule has 0 unspecified atom stereocenters. The summed E-state index contributed by atoms with van der Waals surface area (Å²) < 4.78 is 15.4. The number of hydrogen-bond donors (Lipinski definition) is 0. The van der Waals surface area contributed by atoms with Crippen LogP contribution in [-0.2, 0) is 19.4 Å². The maximum absolute atomic E-state index is 13.4. The number of fused-ring (bicyclic) bond motifs is 1. The van der Waals surface area contributed by atoms with Crippen molar-refractivity contribution in [3.05, 3.63) is 57.4 Å². The molecule has 2 aromatic rings. The predicted molar refractivity (Wildman–Crippen MR) is 71.0 cm³/mol. The van der Waals surface area contributed by atoms with E-state index in [-0.39, 0.29) is 5.69 Å². The van der Waals surface area contributed by atoms with Gasteiger partial charge >= 0.3 is 0 Å². The number of benzene rings is 1. The van der Waals surface area contributed by atoms with Crippen LogP contribution in [0.5, 0.6) is 0 Å². The Balaban J connectivity index is 1.91. The molecule has 0 atom stereocenters. The molecule has 1 aliphatic carbocycles. The van der Waals surface area contributed by atoms with Crippen molar-refractivity contribution in [2.75, 3.05) is 0 Å². The van der Waals surface area contributed by atoms with Gasteiger partial charge in [0.15, 0.2) is 0 Å². The zero-order valence-corrected chi connectivity index (χ0v) is 10.9. The van der Waals surface area contributed by atoms with Crippen LogP contribution in [0.15, 0.2) is 24.5 Å². The Hall–Kier alpha value is -2.24. The third-order valence-corrected chi connectivity index (χ3v) is 3.62. The summed E-state index contributed by atoms with van der Waals surface area (Å²) in [5.74, 6) is -0.580. The van der Waals surface area contributed by atoms with Crippen LogP contribution in [-0.4, -0.2) is 14.5 Å². The second kappa shape index (κ2) is 5.03. The SMILES string of the molecule is O=[N+]([O-])c1cc(F)cc(Cn2cnc3c2CCCC3)c1. The van der Waals surface area contributed by atoms with Crippen LogP contribution in [0.1, 0.15) is 29.8 Å². The minimum Gasteiger partial charge on any atom is -0.330 e. The van der Waals surface area contributed by atoms with Crippen LogP contribution in [0.25, 0.3) is 0 Å². The molecule has 0 spiro atoms. The molecule has 1 aromatic carbocycles. The summed E-state index contributed by atoms with van der Waals surface area (Å²) in [5, 5.41) is 10.8. The van der Waals surface area contributed by atoms with Gasteiger partial charge in [-0.2, -0.15) is 0 Å². The zero-order chi connectivity index (χ0) is 14.1. The van der Waals surface area contributed by atoms with Crippen molar-refractivity contribution in [1.29, 1.82) is 0 Å². The normalized spacial score (nSPS) is 14.1. The van der Waals surface area contributed by atoms with Crippen LogP contribution in [0, 0.1) is 15.9 Å². The van der Waals surface area contributed by atoms with Gasteiger partial charge in [0.05, 0.1) is 23.0 Å². The molecule has 6 heteroatoms. The summed E-state index contributed by atoms with van der Waals surface area (Å²) in [4.78, 5) is 14.6. The standard InChI is InChI=1S/C14H14FN3O2/c15-11-5-10(6-12(7-11)18(19)20)8-17-9-16-13-3-1-2-4-14(13)17/h5-7,9H,1-4,8H2. The number of non-ortho nitro benzene ring substituents is 1. The van der Waals surface area contributed by atoms with E-state index in [2.05, 4.69) is 4.98 Å². The lowest BCUT2D eigenvalue weighted by atomic mass is 10.0. The topological polar surface area (TPSA) is 61.0 Å². The van der Waals surface area contributed by atoms with Crippen molar-refractivity contribution in [3.63, 3.8) is 0 Å². The van der Waals surface area contributed by atoms with Gasteiger partial charge in [-0.25, -0.2) is 9.37 Å². The van der Waals surface area contributed by atoms with E-state index < -0.39 is 10.7 Å². The Bertz CT molecular complexity index is 666. The summed E-state index contributed by atoms with van der Waals surface area (Å²) in [7, 11) is 0. The van der Waals surface area contributed by atoms with E-state index in [0.717, 1.165) is 37.4 Å². The number of imidazole rings is 1. The molecule has 5 nitrogen and oxygen atoms in total. The van der Waals surface area contributed by atoms with Crippen molar-refractivity contribution in [2.45, 2.75) is 32.2 Å². The Kier molecular flexibility index (Phi) is 3.22. The van der Waals surface area contributed by atoms with Crippen molar-refractivity contribution in [2.24, 2.45) is 0 Å². The lowest BCUT2D eigenvalue weighted by molar-refractivity contribution is -0.385. The summed E-state index contributed by atoms with van der Waals surface area (Å²) in [6, 6.07) is 3.69. The number of nitrogens with zero attached hydrogens (tertiary/aromatic N) is 3. The van der Waals surface area contributed by atoms with Gasteiger partial charge in [-0.3, -0.25) is 10.1 Å². The van der Waals surface area contributed by atoms with E-state index in [4.69, 9.17) is 0 Å². The van der Waals surface area contributed by atoms with Gasteiger partial charge in [-0.15, -0.1) is 0 Å². The molecule has 0 saturated heterocycles. The summed E-state index contributed by atoms with van der Waals surface area (Å²) >= 11 is 0. The highest BCUT2D eigenvalue weighted by atomic mass is 19.1. The Morgan fingerprint density at radius 2 is 2.10 bits per heavy atom. The molecule has 0 N–H and O–H groups in total. The van der Waals surface area contributed by atoms with Crippen LogP contribution in [0.2, 0.25) is 0 Å². The van der Waals surface area contributed by atoms with E-state index in [1.54, 1.807) is 6.33 Å². The smallest absolute Gasteiger partial charge is 0.272 e. The first-order valence-corrected chi connectivity index (χ1v) is 6.60. The minimum absolute atomic E-state index is 0.214. The molecule has 0 radical (unpaired) electrons. The third kappa shape index (κ3) is 2.41. The van der Waals surface area contributed by atoms with Crippen LogP contribution in [0.4, 0.5) is 10.1 Å². The highest BCUT2D eigenvalue weighted by Crippen LogP contribution is 2.22. The maximum atomic E-state index is 13.4. The average Bonchev–Trinajstić information content (AvgIpc) is 2.82. The van der Waals surface area contributed by atoms with E-state index in [0.29, 0.717) is 12.1 Å². The first-order valence-electron chi connectivity index (χ1n) is 6.60. The van der Waals surface area contributed by atoms with Gasteiger partial charge in [0.1, 0.15) is 5.82 Å². The van der Waals surface area contributed by atoms with E-state index in [1.165, 1.54) is 17.8 Å². The van der Waals surface area contributed by atoms with Crippen molar-refractivity contribution < 1.29 is 9.31 Å². The van der Waals surface area contributed by atoms with E-state index in [1.807, 2.05) is 4.57 Å². The lowest BCUT2D eigenvalue weighted by Gasteiger charge is -2.14. The summed E-state index contributed by atoms with van der Waals surface area (Å²) in [6.07, 6.45) is 5.96. The lowest BCUT2D eigenvalue weighted by Crippen LogP contribution is -2.09. The molecule has 20 heavy (non-hydrogen) atoms. The maximum Gasteiger partial charge on any atom is 0.272 e. The molecular formula is C14H14FN3O2. The van der Waals surface area contributed by atoms with Crippen LogP contribution in [0.3, 0.4) is 0 Å². The molecule has 1 heterocycles. The quantitative estimate of drug-likeness (QED) is 0.639. The number of aromatic nitrogens is 2. The second-order valence-corrected chi connectivity index (χ2v) is 5.05. The van der Waals surface area contributed by atoms with Crippen molar-refractivity contribution in [3.8, 4) is 0 Å². The highest BCUT2D eigenvalue weighted by molar-refractivity contribution is 5.35. The average molecular weight is 275 g/mol. The molecule has 0 saturated carbocycles. The molecule has 0 fully saturated rings. The first kappa shape index (κ1) is 12.8. The molecular weight excluding hydrogens is 261 g/mol. The van der Waals surface area contributed by atoms with Gasteiger partial charge in [-0.05, 0) is 37.3 Å². The number of halogens is 1. The number of nitro benzene ring substituents is 1. The largest absolute Gasteiger partial charge is 0.330 e. The van der Waals surface area contributed by atoms with E-state index >= 15 is 0 Å². The molecule has 3 rings (SSSR count). The predicted octanol–water partition coefficient (Wildman–Crippen LogP) is 2.86. The number of aryl methyl sites for hydroxylation is 1. The first-order chi connectivity index (χ1) is 9.63. The van der Waals surface area contributed by atoms with Gasteiger partial charge in [0.25, 0.3) is 5.69 Å². The van der Waals surface area contributed by atoms with Gasteiger partial charge in [0.2, 0.25) is 0 Å². The molecule has 104 valence electrons. The molecule has 0 amide bonds. The molecule has 1 aliphatic rings. The van der Waals surface area contributed by atoms with E-state index in [9.17, 15) is 14.5 Å². The second-order valence-electron chi connectivity index (χ2n) is 5.05. The van der Waals surface area contributed by atoms with Gasteiger partial charge in [0, 0.05) is 18.3 Å². The van der Waals surface area contributed by atoms with Gasteiger partial charge in [-0.1, -0.05) is 0 Å². The fourth-order valence-electron chi connectivity index (χ4n) is 2.69. The summed E-state index contributed by atoms with van der Waals surface area (Å²) in [6.45, 7) is 0.418. The van der Waals surface area contributed by atoms with Crippen LogP contribution < -0.4 is 0 Å². The van der Waals surface area contributed by atoms with Crippen molar-refractivity contribution >= 4 is 5.69 Å². The Morgan fingerprint density at radius 3 is 2.90 bits per heavy atom. The van der Waals surface area contributed by atoms with Crippen molar-refractivity contribution in [1.82, 2.24) is 9.55 Å². The number of rotatable bonds is 3. The molecule has 0 aliphatic heterocycles. The molecule has 1 aromatic heterocycles. The Morgan fingerprint density at radius 1 is 1.30 bits per heavy atom. The van der Waals surface area contributed by atoms with Crippen LogP contribution >= 0.6 is 0 Å². The van der Waals surface area contributed by atoms with Gasteiger partial charge < -0.3 is 4.57 Å². The fraction of sp³-hybridized carbons (Fsp3) is 0.357.